The lowest BCUT2D eigenvalue weighted by Gasteiger charge is -2.43. The normalized spacial score (nSPS) is 23.8. The molecule has 2 saturated heterocycles. The third kappa shape index (κ3) is 2.97. The van der Waals surface area contributed by atoms with Crippen molar-refractivity contribution in [2.24, 2.45) is 0 Å². The summed E-state index contributed by atoms with van der Waals surface area (Å²) in [7, 11) is 0. The molecular weight excluding hydrogens is 250 g/mol. The lowest BCUT2D eigenvalue weighted by molar-refractivity contribution is -0.152. The molecule has 0 bridgehead atoms. The minimum atomic E-state index is -0.568. The Morgan fingerprint density at radius 2 is 2.00 bits per heavy atom. The first-order valence-electron chi connectivity index (χ1n) is 6.34. The number of nitrogens with one attached hydrogen (secondary N) is 1. The summed E-state index contributed by atoms with van der Waals surface area (Å²) in [6.45, 7) is 6.97. The molecule has 0 unspecified atom stereocenters. The minimum Gasteiger partial charge on any atom is -0.444 e. The van der Waals surface area contributed by atoms with E-state index < -0.39 is 17.4 Å². The van der Waals surface area contributed by atoms with Gasteiger partial charge in [-0.05, 0) is 20.8 Å². The molecule has 0 spiro atoms. The first-order chi connectivity index (χ1) is 8.78. The molecule has 2 rings (SSSR count). The molecule has 0 aromatic heterocycles. The Hall–Kier alpha value is -1.79. The van der Waals surface area contributed by atoms with Crippen LogP contribution in [-0.4, -0.2) is 65.5 Å². The Labute approximate surface area is 111 Å². The number of nitrogens with zero attached hydrogens (tertiary/aromatic N) is 2. The summed E-state index contributed by atoms with van der Waals surface area (Å²) < 4.78 is 5.30. The average molecular weight is 269 g/mol. The van der Waals surface area contributed by atoms with Gasteiger partial charge < -0.3 is 19.9 Å². The molecule has 0 aromatic carbocycles. The first-order valence-corrected chi connectivity index (χ1v) is 6.34. The monoisotopic (exact) mass is 269 g/mol. The van der Waals surface area contributed by atoms with E-state index >= 15 is 0 Å². The number of amides is 3. The zero-order valence-corrected chi connectivity index (χ0v) is 11.4. The van der Waals surface area contributed by atoms with Crippen LogP contribution in [0.15, 0.2) is 0 Å². The highest BCUT2D eigenvalue weighted by atomic mass is 16.6. The molecule has 2 heterocycles. The highest BCUT2D eigenvalue weighted by Gasteiger charge is 2.39. The van der Waals surface area contributed by atoms with E-state index in [-0.39, 0.29) is 12.1 Å². The number of ether oxygens (including phenoxy) is 1. The summed E-state index contributed by atoms with van der Waals surface area (Å²) in [5.41, 5.74) is -0.537. The minimum absolute atomic E-state index is 0.161. The van der Waals surface area contributed by atoms with Crippen molar-refractivity contribution >= 4 is 17.9 Å². The third-order valence-electron chi connectivity index (χ3n) is 3.09. The number of fused-ring (bicyclic) bond motifs is 1. The van der Waals surface area contributed by atoms with Crippen LogP contribution >= 0.6 is 0 Å². The molecule has 7 heteroatoms. The van der Waals surface area contributed by atoms with Crippen LogP contribution in [0.5, 0.6) is 0 Å². The number of hydrogen-bond acceptors (Lipinski definition) is 4. The van der Waals surface area contributed by atoms with Gasteiger partial charge in [-0.1, -0.05) is 0 Å². The first kappa shape index (κ1) is 13.6. The van der Waals surface area contributed by atoms with Crippen molar-refractivity contribution in [3.63, 3.8) is 0 Å². The van der Waals surface area contributed by atoms with Crippen LogP contribution in [0.2, 0.25) is 0 Å². The quantitative estimate of drug-likeness (QED) is 0.605. The Morgan fingerprint density at radius 3 is 2.63 bits per heavy atom. The predicted molar refractivity (Wildman–Crippen MR) is 66.3 cm³/mol. The topological polar surface area (TPSA) is 79.0 Å². The number of hydrogen-bond donors (Lipinski definition) is 1. The van der Waals surface area contributed by atoms with Crippen molar-refractivity contribution in [1.29, 1.82) is 0 Å². The van der Waals surface area contributed by atoms with Crippen molar-refractivity contribution in [2.75, 3.05) is 26.2 Å². The van der Waals surface area contributed by atoms with E-state index in [1.807, 2.05) is 20.8 Å². The van der Waals surface area contributed by atoms with E-state index in [1.54, 1.807) is 4.90 Å². The van der Waals surface area contributed by atoms with Gasteiger partial charge in [-0.15, -0.1) is 0 Å². The van der Waals surface area contributed by atoms with Crippen molar-refractivity contribution in [3.8, 4) is 0 Å². The van der Waals surface area contributed by atoms with Gasteiger partial charge in [0, 0.05) is 26.2 Å². The van der Waals surface area contributed by atoms with E-state index in [1.165, 1.54) is 4.90 Å². The van der Waals surface area contributed by atoms with Gasteiger partial charge in [-0.3, -0.25) is 9.59 Å². The van der Waals surface area contributed by atoms with E-state index in [4.69, 9.17) is 4.74 Å². The van der Waals surface area contributed by atoms with Crippen molar-refractivity contribution in [3.05, 3.63) is 0 Å². The van der Waals surface area contributed by atoms with Gasteiger partial charge in [-0.25, -0.2) is 4.79 Å². The second-order valence-electron chi connectivity index (χ2n) is 5.79. The second kappa shape index (κ2) is 4.71. The van der Waals surface area contributed by atoms with E-state index in [0.717, 1.165) is 0 Å². The van der Waals surface area contributed by atoms with Crippen molar-refractivity contribution < 1.29 is 19.1 Å². The van der Waals surface area contributed by atoms with Crippen LogP contribution in [0.25, 0.3) is 0 Å². The van der Waals surface area contributed by atoms with Crippen LogP contribution in [0.4, 0.5) is 4.79 Å². The van der Waals surface area contributed by atoms with Crippen LogP contribution < -0.4 is 5.32 Å². The van der Waals surface area contributed by atoms with Gasteiger partial charge in [0.25, 0.3) is 0 Å². The molecule has 0 saturated carbocycles. The van der Waals surface area contributed by atoms with Crippen molar-refractivity contribution in [2.45, 2.75) is 32.4 Å². The zero-order valence-electron chi connectivity index (χ0n) is 11.4. The maximum atomic E-state index is 11.9. The van der Waals surface area contributed by atoms with Crippen LogP contribution in [0, 0.1) is 0 Å². The molecule has 0 radical (unpaired) electrons. The van der Waals surface area contributed by atoms with Gasteiger partial charge in [0.1, 0.15) is 5.60 Å². The number of rotatable bonds is 0. The predicted octanol–water partition coefficient (Wildman–Crippen LogP) is -0.436. The summed E-state index contributed by atoms with van der Waals surface area (Å²) in [5, 5.41) is 2.53. The van der Waals surface area contributed by atoms with Gasteiger partial charge in [0.2, 0.25) is 0 Å². The van der Waals surface area contributed by atoms with Gasteiger partial charge in [0.05, 0.1) is 6.04 Å². The molecule has 2 aliphatic heterocycles. The molecule has 1 N–H and O–H groups in total. The molecule has 7 nitrogen and oxygen atoms in total. The molecular formula is C12H19N3O4. The number of piperazine rings is 2. The zero-order chi connectivity index (χ0) is 14.2. The fraction of sp³-hybridized carbons (Fsp3) is 0.750. The maximum absolute atomic E-state index is 11.9. The number of carbonyl (C=O) groups is 3. The van der Waals surface area contributed by atoms with Crippen LogP contribution in [0.1, 0.15) is 20.8 Å². The Balaban J connectivity index is 1.98. The SMILES string of the molecule is CC(C)(C)OC(=O)N1CCN2C(=O)C(=O)NC[C@H]2C1. The highest BCUT2D eigenvalue weighted by Crippen LogP contribution is 2.16. The molecule has 1 atom stereocenters. The molecule has 2 aliphatic rings. The lowest BCUT2D eigenvalue weighted by atomic mass is 10.1. The van der Waals surface area contributed by atoms with Crippen LogP contribution in [0.3, 0.4) is 0 Å². The molecule has 0 aromatic rings. The summed E-state index contributed by atoms with van der Waals surface area (Å²) in [5.74, 6) is -1.08. The largest absolute Gasteiger partial charge is 0.444 e. The van der Waals surface area contributed by atoms with Crippen LogP contribution in [-0.2, 0) is 14.3 Å². The third-order valence-corrected chi connectivity index (χ3v) is 3.09. The molecule has 3 amide bonds. The second-order valence-corrected chi connectivity index (χ2v) is 5.79. The molecule has 19 heavy (non-hydrogen) atoms. The summed E-state index contributed by atoms with van der Waals surface area (Å²) in [6, 6.07) is -0.161. The molecule has 2 fully saturated rings. The Morgan fingerprint density at radius 1 is 1.32 bits per heavy atom. The smallest absolute Gasteiger partial charge is 0.410 e. The fourth-order valence-corrected chi connectivity index (χ4v) is 2.21. The summed E-state index contributed by atoms with van der Waals surface area (Å²) in [4.78, 5) is 37.9. The van der Waals surface area contributed by atoms with Gasteiger partial charge >= 0.3 is 17.9 Å². The van der Waals surface area contributed by atoms with E-state index in [2.05, 4.69) is 5.32 Å². The van der Waals surface area contributed by atoms with Gasteiger partial charge in [-0.2, -0.15) is 0 Å². The summed E-state index contributed by atoms with van der Waals surface area (Å²) >= 11 is 0. The Bertz CT molecular complexity index is 416. The van der Waals surface area contributed by atoms with E-state index in [0.29, 0.717) is 26.2 Å². The molecule has 0 aliphatic carbocycles. The van der Waals surface area contributed by atoms with E-state index in [9.17, 15) is 14.4 Å². The van der Waals surface area contributed by atoms with Gasteiger partial charge in [0.15, 0.2) is 0 Å². The average Bonchev–Trinajstić information content (AvgIpc) is 2.31. The summed E-state index contributed by atoms with van der Waals surface area (Å²) in [6.07, 6.45) is -0.378. The fourth-order valence-electron chi connectivity index (χ4n) is 2.21. The lowest BCUT2D eigenvalue weighted by Crippen LogP contribution is -2.66. The number of carbonyl (C=O) groups excluding carboxylic acids is 3. The van der Waals surface area contributed by atoms with Crippen molar-refractivity contribution in [1.82, 2.24) is 15.1 Å². The highest BCUT2D eigenvalue weighted by molar-refractivity contribution is 6.35. The standard InChI is InChI=1S/C12H19N3O4/c1-12(2,3)19-11(18)14-4-5-15-8(7-14)6-13-9(16)10(15)17/h8H,4-7H2,1-3H3,(H,13,16)/t8-/m0/s1. The maximum Gasteiger partial charge on any atom is 0.410 e. The Kier molecular flexibility index (Phi) is 3.38. The molecule has 106 valence electrons.